The molecule has 3 N–H and O–H groups in total. The summed E-state index contributed by atoms with van der Waals surface area (Å²) in [6.45, 7) is 9.28. The number of carbonyl (C=O) groups excluding carboxylic acids is 2. The van der Waals surface area contributed by atoms with Gasteiger partial charge in [-0.3, -0.25) is 19.5 Å². The number of hydrogen-bond acceptors (Lipinski definition) is 6. The number of aromatic nitrogens is 1. The van der Waals surface area contributed by atoms with Crippen molar-refractivity contribution in [1.29, 1.82) is 0 Å². The van der Waals surface area contributed by atoms with Crippen LogP contribution in [0.2, 0.25) is 5.02 Å². The topological polar surface area (TPSA) is 97.8 Å². The van der Waals surface area contributed by atoms with Gasteiger partial charge < -0.3 is 20.6 Å². The third kappa shape index (κ3) is 13.8. The molecule has 0 spiro atoms. The van der Waals surface area contributed by atoms with Crippen LogP contribution >= 0.6 is 11.6 Å². The average molecular weight is 576 g/mol. The van der Waals surface area contributed by atoms with Crippen molar-refractivity contribution in [3.05, 3.63) is 76.8 Å². The van der Waals surface area contributed by atoms with E-state index in [0.29, 0.717) is 25.1 Å². The Morgan fingerprint density at radius 2 is 1.85 bits per heavy atom. The minimum absolute atomic E-state index is 0.000972. The van der Waals surface area contributed by atoms with Crippen molar-refractivity contribution in [3.8, 4) is 0 Å². The zero-order chi connectivity index (χ0) is 29.9. The lowest BCUT2D eigenvalue weighted by Gasteiger charge is -2.30. The van der Waals surface area contributed by atoms with Gasteiger partial charge in [-0.2, -0.15) is 0 Å². The molecule has 2 amide bonds. The molecule has 3 rings (SSSR count). The zero-order valence-corrected chi connectivity index (χ0v) is 24.9. The maximum Gasteiger partial charge on any atom is 0.216 e. The lowest BCUT2D eigenvalue weighted by molar-refractivity contribution is -0.119. The van der Waals surface area contributed by atoms with Crippen molar-refractivity contribution in [2.24, 2.45) is 0 Å². The van der Waals surface area contributed by atoms with Crippen LogP contribution in [0.15, 0.2) is 54.7 Å². The number of hydrogen-bond donors (Lipinski definition) is 3. The fourth-order valence-electron chi connectivity index (χ4n) is 3.75. The Labute approximate surface area is 242 Å². The predicted octanol–water partition coefficient (Wildman–Crippen LogP) is 4.03. The molecule has 0 saturated carbocycles. The predicted molar refractivity (Wildman–Crippen MR) is 161 cm³/mol. The van der Waals surface area contributed by atoms with E-state index < -0.39 is 5.82 Å². The van der Waals surface area contributed by atoms with Crippen LogP contribution in [0.25, 0.3) is 10.8 Å². The van der Waals surface area contributed by atoms with Crippen LogP contribution in [0.1, 0.15) is 31.5 Å². The van der Waals surface area contributed by atoms with Crippen molar-refractivity contribution >= 4 is 34.7 Å². The Morgan fingerprint density at radius 3 is 2.45 bits per heavy atom. The van der Waals surface area contributed by atoms with Gasteiger partial charge in [0, 0.05) is 56.4 Å². The smallest absolute Gasteiger partial charge is 0.216 e. The molecular formula is C30H43ClFN5O3. The molecule has 1 aromatic heterocycles. The Kier molecular flexibility index (Phi) is 17.3. The molecule has 1 heterocycles. The SMILES string of the molecule is CCCN(CCO)CC(CNC(C)=O)N(C)C.Cc1cc2ccccc2cn1.O=CNCc1cccc(F)c1Cl. The third-order valence-electron chi connectivity index (χ3n) is 5.92. The van der Waals surface area contributed by atoms with Gasteiger partial charge in [0.05, 0.1) is 11.6 Å². The first-order valence-corrected chi connectivity index (χ1v) is 13.7. The second-order valence-electron chi connectivity index (χ2n) is 9.46. The van der Waals surface area contributed by atoms with Gasteiger partial charge in [-0.05, 0) is 57.1 Å². The summed E-state index contributed by atoms with van der Waals surface area (Å²) in [7, 11) is 4.02. The Bertz CT molecular complexity index is 1160. The summed E-state index contributed by atoms with van der Waals surface area (Å²) >= 11 is 5.60. The molecule has 220 valence electrons. The van der Waals surface area contributed by atoms with Crippen LogP contribution in [0.3, 0.4) is 0 Å². The molecule has 0 fully saturated rings. The average Bonchev–Trinajstić information content (AvgIpc) is 2.92. The highest BCUT2D eigenvalue weighted by molar-refractivity contribution is 6.31. The third-order valence-corrected chi connectivity index (χ3v) is 6.34. The number of fused-ring (bicyclic) bond motifs is 1. The summed E-state index contributed by atoms with van der Waals surface area (Å²) < 4.78 is 12.8. The molecule has 0 radical (unpaired) electrons. The minimum atomic E-state index is -0.470. The van der Waals surface area contributed by atoms with E-state index in [1.807, 2.05) is 39.3 Å². The van der Waals surface area contributed by atoms with Gasteiger partial charge in [0.15, 0.2) is 0 Å². The van der Waals surface area contributed by atoms with Crippen molar-refractivity contribution in [3.63, 3.8) is 0 Å². The quantitative estimate of drug-likeness (QED) is 0.282. The Hall–Kier alpha value is -3.11. The second-order valence-corrected chi connectivity index (χ2v) is 9.84. The maximum atomic E-state index is 12.8. The molecule has 0 aliphatic rings. The molecular weight excluding hydrogens is 533 g/mol. The first-order chi connectivity index (χ1) is 19.1. The highest BCUT2D eigenvalue weighted by Gasteiger charge is 2.16. The molecule has 2 aromatic carbocycles. The molecule has 0 aliphatic heterocycles. The van der Waals surface area contributed by atoms with E-state index in [0.717, 1.165) is 25.2 Å². The minimum Gasteiger partial charge on any atom is -0.395 e. The Morgan fingerprint density at radius 1 is 1.15 bits per heavy atom. The first kappa shape index (κ1) is 34.9. The number of nitrogens with zero attached hydrogens (tertiary/aromatic N) is 3. The van der Waals surface area contributed by atoms with Crippen LogP contribution in [0.4, 0.5) is 4.39 Å². The largest absolute Gasteiger partial charge is 0.395 e. The summed E-state index contributed by atoms with van der Waals surface area (Å²) in [6.07, 6.45) is 3.52. The number of aliphatic hydroxyl groups is 1. The number of halogens is 2. The number of benzene rings is 2. The number of likely N-dealkylation sites (N-methyl/N-ethyl adjacent to an activating group) is 1. The number of pyridine rings is 1. The number of aryl methyl sites for hydroxylation is 1. The zero-order valence-electron chi connectivity index (χ0n) is 24.2. The molecule has 8 nitrogen and oxygen atoms in total. The fourth-order valence-corrected chi connectivity index (χ4v) is 3.95. The summed E-state index contributed by atoms with van der Waals surface area (Å²) in [5.41, 5.74) is 1.65. The highest BCUT2D eigenvalue weighted by atomic mass is 35.5. The van der Waals surface area contributed by atoms with E-state index in [9.17, 15) is 14.0 Å². The van der Waals surface area contributed by atoms with Crippen LogP contribution < -0.4 is 10.6 Å². The maximum absolute atomic E-state index is 12.8. The molecule has 40 heavy (non-hydrogen) atoms. The number of amides is 2. The van der Waals surface area contributed by atoms with Gasteiger partial charge in [-0.1, -0.05) is 54.9 Å². The summed E-state index contributed by atoms with van der Waals surface area (Å²) in [5.74, 6) is -0.470. The second kappa shape index (κ2) is 19.9. The monoisotopic (exact) mass is 575 g/mol. The molecule has 0 aliphatic carbocycles. The van der Waals surface area contributed by atoms with Crippen molar-refractivity contribution in [2.45, 2.75) is 39.8 Å². The number of aliphatic hydroxyl groups excluding tert-OH is 1. The van der Waals surface area contributed by atoms with Crippen molar-refractivity contribution in [1.82, 2.24) is 25.4 Å². The number of nitrogens with one attached hydrogen (secondary N) is 2. The lowest BCUT2D eigenvalue weighted by Crippen LogP contribution is -2.47. The van der Waals surface area contributed by atoms with Gasteiger partial charge in [0.2, 0.25) is 12.3 Å². The standard InChI is InChI=1S/C12H27N3O2.C10H9N.C8H7ClFNO/c1-5-6-15(7-8-16)10-12(14(3)4)9-13-11(2)17;1-8-6-9-4-2-3-5-10(9)7-11-8;9-8-6(4-11-5-12)2-1-3-7(8)10/h12,16H,5-10H2,1-4H3,(H,13,17);2-7H,1H3;1-3,5H,4H2,(H,11,12). The summed E-state index contributed by atoms with van der Waals surface area (Å²) in [5, 5.41) is 16.8. The van der Waals surface area contributed by atoms with Crippen molar-refractivity contribution < 1.29 is 19.1 Å². The summed E-state index contributed by atoms with van der Waals surface area (Å²) in [6, 6.07) is 15.1. The molecule has 1 unspecified atom stereocenters. The van der Waals surface area contributed by atoms with E-state index in [1.54, 1.807) is 12.1 Å². The van der Waals surface area contributed by atoms with Crippen LogP contribution in [-0.2, 0) is 16.1 Å². The van der Waals surface area contributed by atoms with Crippen molar-refractivity contribution in [2.75, 3.05) is 46.9 Å². The van der Waals surface area contributed by atoms with Gasteiger partial charge in [-0.25, -0.2) is 4.39 Å². The first-order valence-electron chi connectivity index (χ1n) is 13.3. The molecule has 3 aromatic rings. The fraction of sp³-hybridized carbons (Fsp3) is 0.433. The van der Waals surface area contributed by atoms with Gasteiger partial charge in [0.25, 0.3) is 0 Å². The van der Waals surface area contributed by atoms with E-state index in [-0.39, 0.29) is 30.1 Å². The van der Waals surface area contributed by atoms with E-state index in [2.05, 4.69) is 50.5 Å². The van der Waals surface area contributed by atoms with Gasteiger partial charge in [0.1, 0.15) is 5.82 Å². The van der Waals surface area contributed by atoms with Crippen LogP contribution in [0, 0.1) is 12.7 Å². The molecule has 1 atom stereocenters. The number of carbonyl (C=O) groups is 2. The molecule has 0 saturated heterocycles. The van der Waals surface area contributed by atoms with Gasteiger partial charge in [-0.15, -0.1) is 0 Å². The highest BCUT2D eigenvalue weighted by Crippen LogP contribution is 2.19. The molecule has 0 bridgehead atoms. The van der Waals surface area contributed by atoms with E-state index in [4.69, 9.17) is 16.7 Å². The van der Waals surface area contributed by atoms with Crippen LogP contribution in [0.5, 0.6) is 0 Å². The van der Waals surface area contributed by atoms with Gasteiger partial charge >= 0.3 is 0 Å². The van der Waals surface area contributed by atoms with E-state index in [1.165, 1.54) is 23.8 Å². The summed E-state index contributed by atoms with van der Waals surface area (Å²) in [4.78, 5) is 29.4. The normalized spacial score (nSPS) is 11.2. The number of rotatable bonds is 12. The Balaban J connectivity index is 0.000000308. The lowest BCUT2D eigenvalue weighted by atomic mass is 10.1. The van der Waals surface area contributed by atoms with E-state index >= 15 is 0 Å². The molecule has 10 heteroatoms. The van der Waals surface area contributed by atoms with Crippen LogP contribution in [-0.4, -0.2) is 85.1 Å².